The second kappa shape index (κ2) is 14.0. The Hall–Kier alpha value is -2.99. The van der Waals surface area contributed by atoms with E-state index < -0.39 is 23.7 Å². The molecule has 3 aliphatic carbocycles. The highest BCUT2D eigenvalue weighted by molar-refractivity contribution is 6.47. The first-order valence-electron chi connectivity index (χ1n) is 16.2. The Balaban J connectivity index is 1.49. The Morgan fingerprint density at radius 3 is 2.52 bits per heavy atom. The minimum absolute atomic E-state index is 0.000457. The number of nitrogens with two attached hydrogens (primary N) is 1. The van der Waals surface area contributed by atoms with Crippen LogP contribution in [0, 0.1) is 39.2 Å². The molecule has 5 rings (SSSR count). The summed E-state index contributed by atoms with van der Waals surface area (Å²) in [6.45, 7) is 13.2. The Morgan fingerprint density at radius 1 is 1.20 bits per heavy atom. The third kappa shape index (κ3) is 7.45. The third-order valence-corrected chi connectivity index (χ3v) is 10.4. The quantitative estimate of drug-likeness (QED) is 0.0656. The second-order valence-electron chi connectivity index (χ2n) is 14.1. The number of carbonyl (C=O) groups is 2. The topological polar surface area (TPSA) is 158 Å². The maximum absolute atomic E-state index is 14.0. The van der Waals surface area contributed by atoms with Crippen molar-refractivity contribution >= 4 is 24.8 Å². The van der Waals surface area contributed by atoms with Crippen LogP contribution in [0.2, 0.25) is 0 Å². The number of guanidine groups is 1. The highest BCUT2D eigenvalue weighted by Crippen LogP contribution is 2.65. The standard InChI is InChI=1S/C32H50BN5O6/c1-7-24(21-12-9-8-10-13-21)25(39)17-22(14-11-15-35-30(34)37-38(41)42)29(40)36-28(16-20(2)3)33-43-27-19-23-18-26(31(23,4)5)32(27,6)44-33/h8-10,12-13,20,22-24,26-28H,7,11,14-19H2,1-6H3,(H,36,40)(H3,34,35,37)/t22-,23+,24+,26+,27-,28+,32+/m1/s1. The van der Waals surface area contributed by atoms with Crippen molar-refractivity contribution < 1.29 is 23.9 Å². The van der Waals surface area contributed by atoms with E-state index in [1.807, 2.05) is 42.7 Å². The summed E-state index contributed by atoms with van der Waals surface area (Å²) in [5.41, 5.74) is 8.14. The molecule has 11 nitrogen and oxygen atoms in total. The summed E-state index contributed by atoms with van der Waals surface area (Å²) in [6, 6.07) is 9.64. The number of benzene rings is 1. The van der Waals surface area contributed by atoms with Crippen LogP contribution in [-0.4, -0.2) is 54.0 Å². The average molecular weight is 612 g/mol. The predicted molar refractivity (Wildman–Crippen MR) is 170 cm³/mol. The van der Waals surface area contributed by atoms with E-state index in [2.05, 4.69) is 44.9 Å². The van der Waals surface area contributed by atoms with E-state index in [1.54, 1.807) is 0 Å². The Kier molecular flexibility index (Phi) is 10.8. The third-order valence-electron chi connectivity index (χ3n) is 10.4. The molecule has 1 aromatic carbocycles. The van der Waals surface area contributed by atoms with Gasteiger partial charge in [0.1, 0.15) is 5.78 Å². The van der Waals surface area contributed by atoms with Gasteiger partial charge in [0.2, 0.25) is 5.91 Å². The van der Waals surface area contributed by atoms with Gasteiger partial charge < -0.3 is 20.4 Å². The molecule has 2 bridgehead atoms. The van der Waals surface area contributed by atoms with E-state index in [0.29, 0.717) is 37.5 Å². The summed E-state index contributed by atoms with van der Waals surface area (Å²) in [7, 11) is -0.562. The molecule has 1 saturated heterocycles. The summed E-state index contributed by atoms with van der Waals surface area (Å²) in [5, 5.41) is 13.1. The fraction of sp³-hybridized carbons (Fsp3) is 0.719. The molecule has 4 aliphatic rings. The molecule has 4 fully saturated rings. The van der Waals surface area contributed by atoms with Gasteiger partial charge in [0.25, 0.3) is 5.96 Å². The molecule has 44 heavy (non-hydrogen) atoms. The molecule has 7 atom stereocenters. The molecular weight excluding hydrogens is 561 g/mol. The van der Waals surface area contributed by atoms with Crippen LogP contribution < -0.4 is 16.5 Å². The van der Waals surface area contributed by atoms with Crippen molar-refractivity contribution in [2.75, 3.05) is 6.54 Å². The molecule has 1 aromatic rings. The van der Waals surface area contributed by atoms with Crippen LogP contribution in [0.25, 0.3) is 0 Å². The number of ketones is 1. The molecule has 4 N–H and O–H groups in total. The first-order chi connectivity index (χ1) is 20.8. The Labute approximate surface area is 261 Å². The van der Waals surface area contributed by atoms with Crippen LogP contribution in [-0.2, 0) is 18.9 Å². The zero-order valence-electron chi connectivity index (χ0n) is 27.1. The monoisotopic (exact) mass is 611 g/mol. The maximum atomic E-state index is 14.0. The molecule has 0 radical (unpaired) electrons. The van der Waals surface area contributed by atoms with Crippen molar-refractivity contribution in [1.82, 2.24) is 10.7 Å². The first kappa shape index (κ1) is 33.9. The number of amides is 1. The number of nitrogens with one attached hydrogen (secondary N) is 2. The number of rotatable bonds is 15. The van der Waals surface area contributed by atoms with Crippen molar-refractivity contribution in [2.45, 2.75) is 110 Å². The van der Waals surface area contributed by atoms with Crippen LogP contribution in [0.1, 0.15) is 98.0 Å². The molecule has 0 aromatic heterocycles. The average Bonchev–Trinajstić information content (AvgIpc) is 3.32. The predicted octanol–water partition coefficient (Wildman–Crippen LogP) is 4.43. The molecule has 242 valence electrons. The largest absolute Gasteiger partial charge is 0.481 e. The summed E-state index contributed by atoms with van der Waals surface area (Å²) >= 11 is 0. The van der Waals surface area contributed by atoms with Crippen molar-refractivity contribution in [1.29, 1.82) is 0 Å². The van der Waals surface area contributed by atoms with Gasteiger partial charge >= 0.3 is 7.12 Å². The number of hydrogen-bond acceptors (Lipinski definition) is 7. The number of carbonyl (C=O) groups excluding carboxylic acids is 2. The molecular formula is C32H50BN5O6. The minimum Gasteiger partial charge on any atom is -0.404 e. The van der Waals surface area contributed by atoms with Crippen LogP contribution in [0.5, 0.6) is 0 Å². The van der Waals surface area contributed by atoms with E-state index in [4.69, 9.17) is 15.0 Å². The van der Waals surface area contributed by atoms with Crippen LogP contribution >= 0.6 is 0 Å². The Morgan fingerprint density at radius 2 is 1.91 bits per heavy atom. The fourth-order valence-electron chi connectivity index (χ4n) is 7.83. The number of Topliss-reactive ketones (excluding diaryl/α,β-unsaturated/α-hetero) is 1. The zero-order chi connectivity index (χ0) is 32.2. The van der Waals surface area contributed by atoms with Crippen LogP contribution in [0.4, 0.5) is 0 Å². The van der Waals surface area contributed by atoms with Crippen molar-refractivity contribution in [3.63, 3.8) is 0 Å². The van der Waals surface area contributed by atoms with Gasteiger partial charge in [0.05, 0.1) is 17.6 Å². The van der Waals surface area contributed by atoms with E-state index in [0.717, 1.165) is 18.4 Å². The van der Waals surface area contributed by atoms with E-state index >= 15 is 0 Å². The maximum Gasteiger partial charge on any atom is 0.481 e. The van der Waals surface area contributed by atoms with Crippen LogP contribution in [0.15, 0.2) is 35.3 Å². The lowest BCUT2D eigenvalue weighted by molar-refractivity contribution is -0.525. The SMILES string of the molecule is CC[C@H](C(=O)C[C@@H](CCCN=C(N)N[N+](=O)[O-])C(=O)N[C@@H](CC(C)C)B1O[C@@H]2C[C@@H]3C[C@@H](C3(C)C)[C@]2(C)O1)c1ccccc1. The van der Waals surface area contributed by atoms with Gasteiger partial charge in [-0.2, -0.15) is 0 Å². The lowest BCUT2D eigenvalue weighted by atomic mass is 9.43. The lowest BCUT2D eigenvalue weighted by Gasteiger charge is -2.64. The van der Waals surface area contributed by atoms with Gasteiger partial charge in [-0.3, -0.25) is 9.59 Å². The van der Waals surface area contributed by atoms with Crippen molar-refractivity contribution in [2.24, 2.45) is 39.8 Å². The van der Waals surface area contributed by atoms with E-state index in [1.165, 1.54) is 0 Å². The Bertz CT molecular complexity index is 1210. The molecule has 0 spiro atoms. The first-order valence-corrected chi connectivity index (χ1v) is 16.2. The number of hydrazine groups is 1. The van der Waals surface area contributed by atoms with Gasteiger partial charge in [0, 0.05) is 24.8 Å². The zero-order valence-corrected chi connectivity index (χ0v) is 27.1. The minimum atomic E-state index is -0.773. The van der Waals surface area contributed by atoms with E-state index in [-0.39, 0.29) is 59.9 Å². The number of nitro groups is 1. The van der Waals surface area contributed by atoms with Crippen molar-refractivity contribution in [3.05, 3.63) is 46.0 Å². The lowest BCUT2D eigenvalue weighted by Crippen LogP contribution is -2.65. The molecule has 1 aliphatic heterocycles. The summed E-state index contributed by atoms with van der Waals surface area (Å²) in [6.07, 6.45) is 4.28. The summed E-state index contributed by atoms with van der Waals surface area (Å²) < 4.78 is 13.3. The number of aliphatic imine (C=N–C) groups is 1. The van der Waals surface area contributed by atoms with Crippen LogP contribution in [0.3, 0.4) is 0 Å². The summed E-state index contributed by atoms with van der Waals surface area (Å²) in [5.74, 6) is -0.489. The van der Waals surface area contributed by atoms with Gasteiger partial charge in [-0.15, -0.1) is 0 Å². The van der Waals surface area contributed by atoms with E-state index in [9.17, 15) is 19.7 Å². The molecule has 12 heteroatoms. The van der Waals surface area contributed by atoms with Gasteiger partial charge in [-0.05, 0) is 74.2 Å². The van der Waals surface area contributed by atoms with Gasteiger partial charge in [-0.25, -0.2) is 15.1 Å². The summed E-state index contributed by atoms with van der Waals surface area (Å²) in [4.78, 5) is 42.2. The van der Waals surface area contributed by atoms with Crippen molar-refractivity contribution in [3.8, 4) is 0 Å². The second-order valence-corrected chi connectivity index (χ2v) is 14.1. The molecule has 3 saturated carbocycles. The number of hydrogen-bond donors (Lipinski definition) is 3. The normalized spacial score (nSPS) is 27.6. The van der Waals surface area contributed by atoms with Gasteiger partial charge in [-0.1, -0.05) is 70.4 Å². The molecule has 0 unspecified atom stereocenters. The fourth-order valence-corrected chi connectivity index (χ4v) is 7.83. The molecule has 1 heterocycles. The molecule has 1 amide bonds. The highest BCUT2D eigenvalue weighted by Gasteiger charge is 2.68. The highest BCUT2D eigenvalue weighted by atomic mass is 16.7. The number of nitrogens with zero attached hydrogens (tertiary/aromatic N) is 2. The van der Waals surface area contributed by atoms with Gasteiger partial charge in [0.15, 0.2) is 5.03 Å². The smallest absolute Gasteiger partial charge is 0.404 e.